The zero-order valence-electron chi connectivity index (χ0n) is 12.2. The lowest BCUT2D eigenvalue weighted by Crippen LogP contribution is -2.38. The molecule has 1 amide bonds. The van der Waals surface area contributed by atoms with E-state index in [1.54, 1.807) is 6.07 Å². The Labute approximate surface area is 128 Å². The third-order valence-electron chi connectivity index (χ3n) is 3.73. The molecule has 0 radical (unpaired) electrons. The van der Waals surface area contributed by atoms with Crippen LogP contribution in [0.1, 0.15) is 37.0 Å². The molecule has 1 aromatic carbocycles. The van der Waals surface area contributed by atoms with Crippen LogP contribution in [0.25, 0.3) is 0 Å². The second-order valence-corrected chi connectivity index (χ2v) is 5.20. The zero-order chi connectivity index (χ0) is 15.9. The van der Waals surface area contributed by atoms with Gasteiger partial charge < -0.3 is 10.1 Å². The Kier molecular flexibility index (Phi) is 6.89. The lowest BCUT2D eigenvalue weighted by atomic mass is 9.84. The van der Waals surface area contributed by atoms with Crippen molar-refractivity contribution in [1.82, 2.24) is 5.32 Å². The van der Waals surface area contributed by atoms with Crippen molar-refractivity contribution in [1.29, 1.82) is 0 Å². The number of rotatable bonds is 8. The van der Waals surface area contributed by atoms with E-state index in [0.29, 0.717) is 12.4 Å². The van der Waals surface area contributed by atoms with Crippen LogP contribution in [0.2, 0.25) is 0 Å². The molecule has 0 bridgehead atoms. The normalized spacial score (nSPS) is 11.5. The molecule has 0 spiro atoms. The van der Waals surface area contributed by atoms with Crippen LogP contribution in [0.5, 0.6) is 5.75 Å². The van der Waals surface area contributed by atoms with E-state index in [9.17, 15) is 13.6 Å². The van der Waals surface area contributed by atoms with Crippen molar-refractivity contribution >= 4 is 17.5 Å². The topological polar surface area (TPSA) is 38.3 Å². The summed E-state index contributed by atoms with van der Waals surface area (Å²) in [6.45, 7) is 1.58. The van der Waals surface area contributed by atoms with Gasteiger partial charge in [0, 0.05) is 23.4 Å². The first kappa shape index (κ1) is 17.7. The summed E-state index contributed by atoms with van der Waals surface area (Å²) in [6, 6.07) is 5.72. The Balaban J connectivity index is 2.71. The molecular formula is C15H20ClF2NO2. The highest BCUT2D eigenvalue weighted by molar-refractivity contribution is 6.18. The number of benzene rings is 1. The molecule has 0 aliphatic carbocycles. The van der Waals surface area contributed by atoms with Gasteiger partial charge in [-0.05, 0) is 31.0 Å². The summed E-state index contributed by atoms with van der Waals surface area (Å²) in [4.78, 5) is 12.1. The Morgan fingerprint density at radius 3 is 2.57 bits per heavy atom. The van der Waals surface area contributed by atoms with Gasteiger partial charge in [0.25, 0.3) is 5.91 Å². The van der Waals surface area contributed by atoms with Crippen LogP contribution in [-0.2, 0) is 0 Å². The first-order valence-corrected chi connectivity index (χ1v) is 7.39. The summed E-state index contributed by atoms with van der Waals surface area (Å²) in [5.41, 5.74) is 0.137. The largest absolute Gasteiger partial charge is 0.435 e. The molecule has 0 fully saturated rings. The second-order valence-electron chi connectivity index (χ2n) is 4.93. The molecule has 0 aliphatic rings. The number of alkyl halides is 3. The van der Waals surface area contributed by atoms with E-state index in [0.717, 1.165) is 12.8 Å². The van der Waals surface area contributed by atoms with Gasteiger partial charge in [-0.2, -0.15) is 8.78 Å². The van der Waals surface area contributed by atoms with Crippen molar-refractivity contribution in [3.8, 4) is 5.75 Å². The number of carbonyl (C=O) groups excluding carboxylic acids is 1. The molecule has 1 aromatic rings. The minimum absolute atomic E-state index is 0.0350. The molecule has 0 saturated carbocycles. The highest BCUT2D eigenvalue weighted by Crippen LogP contribution is 2.27. The maximum atomic E-state index is 12.2. The maximum Gasteiger partial charge on any atom is 0.387 e. The smallest absolute Gasteiger partial charge is 0.387 e. The summed E-state index contributed by atoms with van der Waals surface area (Å²) in [7, 11) is 0. The summed E-state index contributed by atoms with van der Waals surface area (Å²) in [5, 5.41) is 2.81. The Hall–Kier alpha value is -1.36. The predicted molar refractivity (Wildman–Crippen MR) is 79.1 cm³/mol. The minimum atomic E-state index is -2.91. The van der Waals surface area contributed by atoms with Gasteiger partial charge in [-0.25, -0.2) is 0 Å². The molecule has 6 heteroatoms. The Bertz CT molecular complexity index is 456. The van der Waals surface area contributed by atoms with Crippen molar-refractivity contribution in [2.45, 2.75) is 33.3 Å². The van der Waals surface area contributed by atoms with Crippen LogP contribution in [0.3, 0.4) is 0 Å². The number of hydrogen-bond donors (Lipinski definition) is 1. The summed E-state index contributed by atoms with van der Waals surface area (Å²) >= 11 is 5.98. The molecule has 0 heterocycles. The molecule has 0 aromatic heterocycles. The van der Waals surface area contributed by atoms with E-state index in [1.807, 2.05) is 13.8 Å². The average molecular weight is 320 g/mol. The van der Waals surface area contributed by atoms with Crippen molar-refractivity contribution in [3.05, 3.63) is 29.8 Å². The lowest BCUT2D eigenvalue weighted by molar-refractivity contribution is -0.0498. The molecule has 3 nitrogen and oxygen atoms in total. The molecule has 0 atom stereocenters. The minimum Gasteiger partial charge on any atom is -0.435 e. The first-order chi connectivity index (χ1) is 9.96. The predicted octanol–water partition coefficient (Wildman–Crippen LogP) is 4.06. The SMILES string of the molecule is CCC(CC)(CCl)CNC(=O)c1cccc(OC(F)F)c1. The van der Waals surface area contributed by atoms with Gasteiger partial charge in [0.1, 0.15) is 5.75 Å². The van der Waals surface area contributed by atoms with Crippen LogP contribution >= 0.6 is 11.6 Å². The van der Waals surface area contributed by atoms with E-state index < -0.39 is 6.61 Å². The van der Waals surface area contributed by atoms with Gasteiger partial charge in [0.05, 0.1) is 0 Å². The lowest BCUT2D eigenvalue weighted by Gasteiger charge is -2.29. The fraction of sp³-hybridized carbons (Fsp3) is 0.533. The third kappa shape index (κ3) is 5.16. The van der Waals surface area contributed by atoms with Crippen LogP contribution in [0, 0.1) is 5.41 Å². The van der Waals surface area contributed by atoms with Crippen molar-refractivity contribution < 1.29 is 18.3 Å². The summed E-state index contributed by atoms with van der Waals surface area (Å²) in [6.07, 6.45) is 1.70. The van der Waals surface area contributed by atoms with E-state index in [1.165, 1.54) is 18.2 Å². The highest BCUT2D eigenvalue weighted by Gasteiger charge is 2.25. The molecule has 0 unspecified atom stereocenters. The number of hydrogen-bond acceptors (Lipinski definition) is 2. The van der Waals surface area contributed by atoms with E-state index in [-0.39, 0.29) is 22.6 Å². The van der Waals surface area contributed by atoms with Crippen LogP contribution in [0.4, 0.5) is 8.78 Å². The van der Waals surface area contributed by atoms with E-state index >= 15 is 0 Å². The van der Waals surface area contributed by atoms with Gasteiger partial charge in [0.15, 0.2) is 0 Å². The number of ether oxygens (including phenoxy) is 1. The van der Waals surface area contributed by atoms with E-state index in [4.69, 9.17) is 11.6 Å². The Morgan fingerprint density at radius 1 is 1.38 bits per heavy atom. The monoisotopic (exact) mass is 319 g/mol. The fourth-order valence-corrected chi connectivity index (χ4v) is 2.39. The number of amides is 1. The van der Waals surface area contributed by atoms with Crippen molar-refractivity contribution in [3.63, 3.8) is 0 Å². The first-order valence-electron chi connectivity index (χ1n) is 6.85. The van der Waals surface area contributed by atoms with Crippen molar-refractivity contribution in [2.24, 2.45) is 5.41 Å². The molecule has 0 aliphatic heterocycles. The molecule has 118 valence electrons. The second kappa shape index (κ2) is 8.17. The third-order valence-corrected chi connectivity index (χ3v) is 4.30. The van der Waals surface area contributed by atoms with Crippen LogP contribution < -0.4 is 10.1 Å². The van der Waals surface area contributed by atoms with Gasteiger partial charge >= 0.3 is 6.61 Å². The Morgan fingerprint density at radius 2 is 2.05 bits per heavy atom. The maximum absolute atomic E-state index is 12.2. The fourth-order valence-electron chi connectivity index (χ4n) is 1.92. The number of halogens is 3. The summed E-state index contributed by atoms with van der Waals surface area (Å²) in [5.74, 6) is 0.0905. The standard InChI is InChI=1S/C15H20ClF2NO2/c1-3-15(4-2,9-16)10-19-13(20)11-6-5-7-12(8-11)21-14(17)18/h5-8,14H,3-4,9-10H2,1-2H3,(H,19,20). The summed E-state index contributed by atoms with van der Waals surface area (Å²) < 4.78 is 28.6. The van der Waals surface area contributed by atoms with Crippen molar-refractivity contribution in [2.75, 3.05) is 12.4 Å². The van der Waals surface area contributed by atoms with Gasteiger partial charge in [0.2, 0.25) is 0 Å². The van der Waals surface area contributed by atoms with Crippen LogP contribution in [0.15, 0.2) is 24.3 Å². The average Bonchev–Trinajstić information content (AvgIpc) is 2.48. The highest BCUT2D eigenvalue weighted by atomic mass is 35.5. The molecule has 1 rings (SSSR count). The van der Waals surface area contributed by atoms with Crippen LogP contribution in [-0.4, -0.2) is 24.9 Å². The van der Waals surface area contributed by atoms with Gasteiger partial charge in [-0.3, -0.25) is 4.79 Å². The number of nitrogens with one attached hydrogen (secondary N) is 1. The van der Waals surface area contributed by atoms with Gasteiger partial charge in [-0.1, -0.05) is 19.9 Å². The molecular weight excluding hydrogens is 300 g/mol. The molecule has 21 heavy (non-hydrogen) atoms. The molecule has 0 saturated heterocycles. The molecule has 1 N–H and O–H groups in total. The zero-order valence-corrected chi connectivity index (χ0v) is 12.9. The number of carbonyl (C=O) groups is 1. The van der Waals surface area contributed by atoms with Gasteiger partial charge in [-0.15, -0.1) is 11.6 Å². The van der Waals surface area contributed by atoms with E-state index in [2.05, 4.69) is 10.1 Å². The quantitative estimate of drug-likeness (QED) is 0.734.